The summed E-state index contributed by atoms with van der Waals surface area (Å²) in [5.41, 5.74) is 5.27. The molecule has 248 valence electrons. The predicted octanol–water partition coefficient (Wildman–Crippen LogP) is 3.47. The van der Waals surface area contributed by atoms with Crippen LogP contribution in [-0.2, 0) is 11.3 Å². The van der Waals surface area contributed by atoms with Gasteiger partial charge >= 0.3 is 6.01 Å². The summed E-state index contributed by atoms with van der Waals surface area (Å²) in [7, 11) is 0. The third-order valence-electron chi connectivity index (χ3n) is 10.7. The molecule has 8 heterocycles. The van der Waals surface area contributed by atoms with Crippen molar-refractivity contribution in [3.05, 3.63) is 34.1 Å². The molecule has 5 aliphatic rings. The maximum atomic E-state index is 17.3. The number of pyridine rings is 1. The van der Waals surface area contributed by atoms with E-state index in [4.69, 9.17) is 20.2 Å². The molecule has 5 saturated heterocycles. The molecule has 0 aliphatic carbocycles. The van der Waals surface area contributed by atoms with Crippen LogP contribution >= 0.6 is 11.3 Å². The van der Waals surface area contributed by atoms with Crippen molar-refractivity contribution in [2.24, 2.45) is 5.92 Å². The van der Waals surface area contributed by atoms with Gasteiger partial charge in [-0.3, -0.25) is 9.69 Å². The van der Waals surface area contributed by atoms with Gasteiger partial charge in [0, 0.05) is 56.2 Å². The predicted molar refractivity (Wildman–Crippen MR) is 172 cm³/mol. The van der Waals surface area contributed by atoms with Crippen molar-refractivity contribution in [2.75, 3.05) is 56.6 Å². The number of halogens is 3. The number of ether oxygens (including phenoxy) is 2. The Balaban J connectivity index is 1.24. The Labute approximate surface area is 271 Å². The number of nitrogen functional groups attached to an aromatic ring is 1. The van der Waals surface area contributed by atoms with E-state index in [1.54, 1.807) is 0 Å². The number of hydrogen-bond donors (Lipinski definition) is 2. The normalized spacial score (nSPS) is 27.6. The number of anilines is 2. The molecule has 4 atom stereocenters. The van der Waals surface area contributed by atoms with E-state index >= 15 is 4.39 Å². The number of nitrogens with zero attached hydrogens (tertiary/aromatic N) is 6. The van der Waals surface area contributed by atoms with Crippen LogP contribution in [0.1, 0.15) is 32.1 Å². The molecule has 2 bridgehead atoms. The van der Waals surface area contributed by atoms with Crippen LogP contribution in [0.2, 0.25) is 0 Å². The number of piperazine rings is 1. The van der Waals surface area contributed by atoms with Crippen LogP contribution in [0, 0.1) is 17.6 Å². The summed E-state index contributed by atoms with van der Waals surface area (Å²) >= 11 is 0.965. The van der Waals surface area contributed by atoms with Crippen LogP contribution in [0.5, 0.6) is 6.01 Å². The lowest BCUT2D eigenvalue weighted by Crippen LogP contribution is -2.51. The molecule has 1 aromatic carbocycles. The van der Waals surface area contributed by atoms with Crippen LogP contribution in [0.25, 0.3) is 32.4 Å². The Morgan fingerprint density at radius 1 is 1.11 bits per heavy atom. The summed E-state index contributed by atoms with van der Waals surface area (Å²) in [5.74, 6) is -0.968. The summed E-state index contributed by atoms with van der Waals surface area (Å²) in [6, 6.07) is 3.05. The molecular weight excluding hydrogens is 633 g/mol. The van der Waals surface area contributed by atoms with Gasteiger partial charge in [-0.05, 0) is 44.4 Å². The van der Waals surface area contributed by atoms with Crippen molar-refractivity contribution < 1.29 is 22.6 Å². The summed E-state index contributed by atoms with van der Waals surface area (Å²) in [6.07, 6.45) is 3.16. The van der Waals surface area contributed by atoms with Crippen LogP contribution in [0.15, 0.2) is 16.9 Å². The average Bonchev–Trinajstić information content (AvgIpc) is 3.78. The topological polar surface area (TPSA) is 124 Å². The van der Waals surface area contributed by atoms with Gasteiger partial charge in [0.05, 0.1) is 34.7 Å². The lowest BCUT2D eigenvalue weighted by molar-refractivity contribution is -0.0396. The fraction of sp³-hybridized carbons (Fsp3) is 0.562. The molecule has 15 heteroatoms. The molecule has 47 heavy (non-hydrogen) atoms. The highest BCUT2D eigenvalue weighted by molar-refractivity contribution is 7.22. The van der Waals surface area contributed by atoms with E-state index in [0.717, 1.165) is 43.6 Å². The molecule has 11 nitrogen and oxygen atoms in total. The van der Waals surface area contributed by atoms with Crippen LogP contribution in [0.4, 0.5) is 24.1 Å². The Morgan fingerprint density at radius 2 is 1.91 bits per heavy atom. The molecule has 3 aromatic heterocycles. The minimum absolute atomic E-state index is 0.0129. The zero-order chi connectivity index (χ0) is 32.0. The Kier molecular flexibility index (Phi) is 6.93. The van der Waals surface area contributed by atoms with Crippen LogP contribution < -0.4 is 26.2 Å². The van der Waals surface area contributed by atoms with E-state index < -0.39 is 28.9 Å². The molecule has 4 aromatic rings. The minimum atomic E-state index is -0.935. The van der Waals surface area contributed by atoms with Gasteiger partial charge in [-0.1, -0.05) is 11.3 Å². The molecule has 0 radical (unpaired) electrons. The Bertz CT molecular complexity index is 1960. The van der Waals surface area contributed by atoms with Crippen molar-refractivity contribution in [3.63, 3.8) is 0 Å². The molecule has 0 saturated carbocycles. The lowest BCUT2D eigenvalue weighted by atomic mass is 9.95. The minimum Gasteiger partial charge on any atom is -0.461 e. The number of aromatic nitrogens is 4. The summed E-state index contributed by atoms with van der Waals surface area (Å²) < 4.78 is 60.0. The van der Waals surface area contributed by atoms with E-state index in [0.29, 0.717) is 45.1 Å². The smallest absolute Gasteiger partial charge is 0.319 e. The molecule has 0 spiro atoms. The first kappa shape index (κ1) is 29.6. The first-order valence-electron chi connectivity index (χ1n) is 16.4. The van der Waals surface area contributed by atoms with Crippen molar-refractivity contribution >= 4 is 43.4 Å². The number of alkyl halides is 1. The van der Waals surface area contributed by atoms with Crippen LogP contribution in [-0.4, -0.2) is 94.2 Å². The van der Waals surface area contributed by atoms with Gasteiger partial charge in [-0.25, -0.2) is 18.2 Å². The Hall–Kier alpha value is -3.53. The fourth-order valence-corrected chi connectivity index (χ4v) is 9.20. The van der Waals surface area contributed by atoms with Gasteiger partial charge in [0.15, 0.2) is 10.9 Å². The first-order chi connectivity index (χ1) is 22.8. The number of nitrogens with two attached hydrogens (primary N) is 1. The van der Waals surface area contributed by atoms with E-state index in [2.05, 4.69) is 20.2 Å². The fourth-order valence-electron chi connectivity index (χ4n) is 8.43. The maximum Gasteiger partial charge on any atom is 0.319 e. The number of fused-ring (bicyclic) bond motifs is 5. The molecule has 5 aliphatic heterocycles. The maximum absolute atomic E-state index is 17.3. The first-order valence-corrected chi connectivity index (χ1v) is 17.2. The van der Waals surface area contributed by atoms with Crippen molar-refractivity contribution in [1.29, 1.82) is 0 Å². The number of thiazole rings is 1. The summed E-state index contributed by atoms with van der Waals surface area (Å²) in [5, 5.41) is 3.80. The van der Waals surface area contributed by atoms with E-state index in [-0.39, 0.29) is 74.7 Å². The molecule has 9 rings (SSSR count). The monoisotopic (exact) mass is 668 g/mol. The third-order valence-corrected chi connectivity index (χ3v) is 11.6. The summed E-state index contributed by atoms with van der Waals surface area (Å²) in [4.78, 5) is 32.6. The van der Waals surface area contributed by atoms with Gasteiger partial charge in [-0.15, -0.1) is 0 Å². The highest BCUT2D eigenvalue weighted by Crippen LogP contribution is 2.42. The Morgan fingerprint density at radius 3 is 2.68 bits per heavy atom. The zero-order valence-electron chi connectivity index (χ0n) is 25.7. The van der Waals surface area contributed by atoms with E-state index in [1.807, 2.05) is 4.90 Å². The highest BCUT2D eigenvalue weighted by Gasteiger charge is 2.49. The average molecular weight is 669 g/mol. The molecule has 3 N–H and O–H groups in total. The second-order valence-electron chi connectivity index (χ2n) is 13.8. The number of hydrogen-bond acceptors (Lipinski definition) is 11. The van der Waals surface area contributed by atoms with E-state index in [1.165, 1.54) is 16.7 Å². The number of rotatable bonds is 7. The molecule has 2 unspecified atom stereocenters. The van der Waals surface area contributed by atoms with Gasteiger partial charge in [0.2, 0.25) is 0 Å². The standard InChI is InChI=1S/C32H35F3N8O3S/c33-17-8-32(6-1-7-42(32)10-17)15-46-31-39-25-22(28(40-31)41-11-18-2-3-19(12-41)37-18)29(44)43(9-16-13-45-14-16)26(23(25)35)20-4-5-21(34)27-24(20)38-30(36)47-27/h4-5,16-19,37H,1-3,6-15H2,(H2,36,38)/t17-,18?,19?,32+/m1/s1. The second kappa shape index (κ2) is 11.0. The zero-order valence-corrected chi connectivity index (χ0v) is 26.5. The molecular formula is C32H35F3N8O3S. The number of nitrogens with one attached hydrogen (secondary N) is 1. The SMILES string of the molecule is Nc1nc2c(-c3c(F)c4nc(OC[C@@]56CCCN5C[C@H](F)C6)nc(N5CC6CCC(C5)N6)c4c(=O)n3CC3COC3)ccc(F)c2s1. The lowest BCUT2D eigenvalue weighted by Gasteiger charge is -2.35. The quantitative estimate of drug-likeness (QED) is 0.303. The van der Waals surface area contributed by atoms with Gasteiger partial charge in [0.25, 0.3) is 5.56 Å². The third kappa shape index (κ3) is 4.79. The van der Waals surface area contributed by atoms with Gasteiger partial charge in [-0.2, -0.15) is 9.97 Å². The molecule has 0 amide bonds. The molecule has 5 fully saturated rings. The second-order valence-corrected chi connectivity index (χ2v) is 14.8. The van der Waals surface area contributed by atoms with Crippen molar-refractivity contribution in [1.82, 2.24) is 29.7 Å². The highest BCUT2D eigenvalue weighted by atomic mass is 32.1. The van der Waals surface area contributed by atoms with E-state index in [9.17, 15) is 13.6 Å². The van der Waals surface area contributed by atoms with Gasteiger partial charge in [0.1, 0.15) is 35.3 Å². The van der Waals surface area contributed by atoms with Crippen molar-refractivity contribution in [2.45, 2.75) is 62.4 Å². The van der Waals surface area contributed by atoms with Crippen molar-refractivity contribution in [3.8, 4) is 17.3 Å². The summed E-state index contributed by atoms with van der Waals surface area (Å²) in [6.45, 7) is 3.58. The van der Waals surface area contributed by atoms with Gasteiger partial charge < -0.3 is 30.0 Å². The van der Waals surface area contributed by atoms with Crippen LogP contribution in [0.3, 0.4) is 0 Å². The number of benzene rings is 1. The largest absolute Gasteiger partial charge is 0.461 e.